The molecule has 0 saturated carbocycles. The number of halogens is 1. The van der Waals surface area contributed by atoms with Gasteiger partial charge in [0.25, 0.3) is 0 Å². The lowest BCUT2D eigenvalue weighted by molar-refractivity contribution is -0.142. The van der Waals surface area contributed by atoms with Gasteiger partial charge in [-0.25, -0.2) is 9.18 Å². The molecule has 0 aliphatic rings. The number of benzene rings is 2. The zero-order valence-corrected chi connectivity index (χ0v) is 10.2. The van der Waals surface area contributed by atoms with Crippen LogP contribution in [0.4, 0.5) is 4.39 Å². The third kappa shape index (κ3) is 3.07. The van der Waals surface area contributed by atoms with Crippen molar-refractivity contribution >= 4 is 16.7 Å². The molecule has 5 heteroatoms. The summed E-state index contributed by atoms with van der Waals surface area (Å²) in [6.45, 7) is -0.325. The van der Waals surface area contributed by atoms with Crippen molar-refractivity contribution in [1.82, 2.24) is 0 Å². The summed E-state index contributed by atoms with van der Waals surface area (Å²) in [6.07, 6.45) is 0. The SMILES string of the molecule is NC(COCC(=O)O)c1ccc(F)c2ccccc12. The summed E-state index contributed by atoms with van der Waals surface area (Å²) >= 11 is 0. The van der Waals surface area contributed by atoms with Crippen LogP contribution in [0.2, 0.25) is 0 Å². The Bertz CT molecular complexity index is 600. The van der Waals surface area contributed by atoms with E-state index in [0.29, 0.717) is 10.8 Å². The highest BCUT2D eigenvalue weighted by Gasteiger charge is 2.12. The molecule has 4 nitrogen and oxygen atoms in total. The Labute approximate surface area is 109 Å². The van der Waals surface area contributed by atoms with Crippen molar-refractivity contribution in [2.24, 2.45) is 5.73 Å². The van der Waals surface area contributed by atoms with Gasteiger partial charge >= 0.3 is 5.97 Å². The zero-order valence-electron chi connectivity index (χ0n) is 10.2. The van der Waals surface area contributed by atoms with E-state index in [0.717, 1.165) is 5.56 Å². The summed E-state index contributed by atoms with van der Waals surface area (Å²) in [5.74, 6) is -1.35. The van der Waals surface area contributed by atoms with E-state index < -0.39 is 18.6 Å². The second-order valence-electron chi connectivity index (χ2n) is 4.20. The van der Waals surface area contributed by atoms with Crippen LogP contribution in [0.25, 0.3) is 10.8 Å². The molecule has 0 spiro atoms. The van der Waals surface area contributed by atoms with E-state index >= 15 is 0 Å². The van der Waals surface area contributed by atoms with Crippen molar-refractivity contribution in [1.29, 1.82) is 0 Å². The predicted molar refractivity (Wildman–Crippen MR) is 69.3 cm³/mol. The minimum absolute atomic E-state index is 0.0714. The monoisotopic (exact) mass is 263 g/mol. The lowest BCUT2D eigenvalue weighted by Crippen LogP contribution is -2.20. The van der Waals surface area contributed by atoms with Gasteiger partial charge in [0, 0.05) is 5.39 Å². The number of carbonyl (C=O) groups is 1. The van der Waals surface area contributed by atoms with E-state index in [-0.39, 0.29) is 12.4 Å². The molecule has 0 amide bonds. The van der Waals surface area contributed by atoms with Gasteiger partial charge in [0.15, 0.2) is 0 Å². The first kappa shape index (κ1) is 13.5. The van der Waals surface area contributed by atoms with Crippen LogP contribution in [-0.2, 0) is 9.53 Å². The van der Waals surface area contributed by atoms with Crippen LogP contribution in [0.3, 0.4) is 0 Å². The molecule has 100 valence electrons. The molecule has 3 N–H and O–H groups in total. The molecule has 0 aliphatic carbocycles. The molecule has 0 radical (unpaired) electrons. The molecule has 0 aromatic heterocycles. The van der Waals surface area contributed by atoms with Crippen LogP contribution in [0.1, 0.15) is 11.6 Å². The Hall–Kier alpha value is -1.98. The molecule has 2 aromatic rings. The van der Waals surface area contributed by atoms with Crippen LogP contribution in [0.15, 0.2) is 36.4 Å². The van der Waals surface area contributed by atoms with E-state index in [1.807, 2.05) is 0 Å². The Morgan fingerprint density at radius 3 is 2.63 bits per heavy atom. The Kier molecular flexibility index (Phi) is 4.09. The molecule has 0 bridgehead atoms. The fourth-order valence-electron chi connectivity index (χ4n) is 1.97. The van der Waals surface area contributed by atoms with Gasteiger partial charge in [-0.1, -0.05) is 30.3 Å². The van der Waals surface area contributed by atoms with Crippen molar-refractivity contribution in [3.05, 3.63) is 47.8 Å². The van der Waals surface area contributed by atoms with Gasteiger partial charge in [-0.3, -0.25) is 0 Å². The molecule has 1 atom stereocenters. The fraction of sp³-hybridized carbons (Fsp3) is 0.214. The minimum atomic E-state index is -1.05. The molecule has 0 aliphatic heterocycles. The number of nitrogens with two attached hydrogens (primary N) is 1. The summed E-state index contributed by atoms with van der Waals surface area (Å²) in [4.78, 5) is 10.4. The Morgan fingerprint density at radius 1 is 1.26 bits per heavy atom. The van der Waals surface area contributed by atoms with Crippen molar-refractivity contribution in [2.45, 2.75) is 6.04 Å². The zero-order chi connectivity index (χ0) is 13.8. The highest BCUT2D eigenvalue weighted by molar-refractivity contribution is 5.86. The van der Waals surface area contributed by atoms with Crippen LogP contribution in [-0.4, -0.2) is 24.3 Å². The van der Waals surface area contributed by atoms with E-state index in [2.05, 4.69) is 0 Å². The van der Waals surface area contributed by atoms with E-state index in [9.17, 15) is 9.18 Å². The van der Waals surface area contributed by atoms with E-state index in [1.165, 1.54) is 6.07 Å². The molecule has 0 heterocycles. The second kappa shape index (κ2) is 5.77. The first-order chi connectivity index (χ1) is 9.09. The maximum absolute atomic E-state index is 13.6. The van der Waals surface area contributed by atoms with Crippen LogP contribution >= 0.6 is 0 Å². The van der Waals surface area contributed by atoms with Gasteiger partial charge in [0.1, 0.15) is 12.4 Å². The number of carboxylic acids is 1. The first-order valence-corrected chi connectivity index (χ1v) is 5.82. The highest BCUT2D eigenvalue weighted by atomic mass is 19.1. The van der Waals surface area contributed by atoms with Gasteiger partial charge in [-0.15, -0.1) is 0 Å². The lowest BCUT2D eigenvalue weighted by Gasteiger charge is -2.14. The molecule has 1 unspecified atom stereocenters. The van der Waals surface area contributed by atoms with E-state index in [1.54, 1.807) is 30.3 Å². The summed E-state index contributed by atoms with van der Waals surface area (Å²) in [5, 5.41) is 9.70. The summed E-state index contributed by atoms with van der Waals surface area (Å²) in [6, 6.07) is 9.48. The lowest BCUT2D eigenvalue weighted by atomic mass is 9.99. The van der Waals surface area contributed by atoms with Gasteiger partial charge in [0.05, 0.1) is 12.6 Å². The second-order valence-corrected chi connectivity index (χ2v) is 4.20. The highest BCUT2D eigenvalue weighted by Crippen LogP contribution is 2.25. The smallest absolute Gasteiger partial charge is 0.329 e. The maximum atomic E-state index is 13.6. The fourth-order valence-corrected chi connectivity index (χ4v) is 1.97. The third-order valence-corrected chi connectivity index (χ3v) is 2.83. The van der Waals surface area contributed by atoms with Crippen LogP contribution < -0.4 is 5.73 Å². The van der Waals surface area contributed by atoms with Gasteiger partial charge in [0.2, 0.25) is 0 Å². The number of fused-ring (bicyclic) bond motifs is 1. The molecular weight excluding hydrogens is 249 g/mol. The first-order valence-electron chi connectivity index (χ1n) is 5.82. The van der Waals surface area contributed by atoms with Gasteiger partial charge in [-0.2, -0.15) is 0 Å². The summed E-state index contributed by atoms with van der Waals surface area (Å²) < 4.78 is 18.6. The molecule has 2 aromatic carbocycles. The Morgan fingerprint density at radius 2 is 1.95 bits per heavy atom. The molecule has 0 fully saturated rings. The number of hydrogen-bond acceptors (Lipinski definition) is 3. The number of ether oxygens (including phenoxy) is 1. The summed E-state index contributed by atoms with van der Waals surface area (Å²) in [5.41, 5.74) is 6.70. The predicted octanol–water partition coefficient (Wildman–Crippen LogP) is 2.08. The molecule has 2 rings (SSSR count). The molecular formula is C14H14FNO3. The minimum Gasteiger partial charge on any atom is -0.480 e. The van der Waals surface area contributed by atoms with Gasteiger partial charge < -0.3 is 15.6 Å². The normalized spacial score (nSPS) is 12.5. The largest absolute Gasteiger partial charge is 0.480 e. The average molecular weight is 263 g/mol. The van der Waals surface area contributed by atoms with Crippen molar-refractivity contribution in [3.63, 3.8) is 0 Å². The number of carboxylic acid groups (broad SMARTS) is 1. The van der Waals surface area contributed by atoms with Crippen molar-refractivity contribution in [2.75, 3.05) is 13.2 Å². The van der Waals surface area contributed by atoms with E-state index in [4.69, 9.17) is 15.6 Å². The van der Waals surface area contributed by atoms with Crippen molar-refractivity contribution in [3.8, 4) is 0 Å². The third-order valence-electron chi connectivity index (χ3n) is 2.83. The van der Waals surface area contributed by atoms with Crippen LogP contribution in [0, 0.1) is 5.82 Å². The summed E-state index contributed by atoms with van der Waals surface area (Å²) in [7, 11) is 0. The quantitative estimate of drug-likeness (QED) is 0.866. The average Bonchev–Trinajstić information content (AvgIpc) is 2.39. The number of hydrogen-bond donors (Lipinski definition) is 2. The number of rotatable bonds is 5. The van der Waals surface area contributed by atoms with Crippen molar-refractivity contribution < 1.29 is 19.0 Å². The topological polar surface area (TPSA) is 72.5 Å². The molecule has 0 saturated heterocycles. The number of aliphatic carboxylic acids is 1. The molecule has 19 heavy (non-hydrogen) atoms. The standard InChI is InChI=1S/C14H14FNO3/c15-12-6-5-11(9-3-1-2-4-10(9)12)13(16)7-19-8-14(17)18/h1-6,13H,7-8,16H2,(H,17,18). The van der Waals surface area contributed by atoms with Crippen LogP contribution in [0.5, 0.6) is 0 Å². The van der Waals surface area contributed by atoms with Gasteiger partial charge in [-0.05, 0) is 17.0 Å². The Balaban J connectivity index is 2.24. The maximum Gasteiger partial charge on any atom is 0.329 e.